The average Bonchev–Trinajstić information content (AvgIpc) is 2.56. The van der Waals surface area contributed by atoms with Gasteiger partial charge in [0.1, 0.15) is 5.82 Å². The topological polar surface area (TPSA) is 57.8 Å². The van der Waals surface area contributed by atoms with Gasteiger partial charge in [-0.3, -0.25) is 4.79 Å². The van der Waals surface area contributed by atoms with Crippen LogP contribution < -0.4 is 10.9 Å². The molecule has 6 heteroatoms. The van der Waals surface area contributed by atoms with Crippen LogP contribution in [0.2, 0.25) is 5.02 Å². The van der Waals surface area contributed by atoms with Gasteiger partial charge in [0.2, 0.25) is 0 Å². The molecule has 0 aliphatic rings. The van der Waals surface area contributed by atoms with Gasteiger partial charge >= 0.3 is 0 Å². The van der Waals surface area contributed by atoms with E-state index in [4.69, 9.17) is 11.6 Å². The smallest absolute Gasteiger partial charge is 0.258 e. The fraction of sp³-hybridized carbons (Fsp3) is 0.222. The van der Waals surface area contributed by atoms with Crippen LogP contribution >= 0.6 is 27.5 Å². The van der Waals surface area contributed by atoms with Gasteiger partial charge in [-0.1, -0.05) is 46.6 Å². The summed E-state index contributed by atoms with van der Waals surface area (Å²) >= 11 is 9.44. The molecule has 1 heterocycles. The lowest BCUT2D eigenvalue weighted by Crippen LogP contribution is -2.23. The first-order valence-electron chi connectivity index (χ1n) is 7.74. The molecule has 0 aliphatic heterocycles. The van der Waals surface area contributed by atoms with E-state index >= 15 is 0 Å². The third-order valence-electron chi connectivity index (χ3n) is 3.91. The molecule has 0 aliphatic carbocycles. The van der Waals surface area contributed by atoms with Gasteiger partial charge in [0.05, 0.1) is 17.4 Å². The molecular weight excluding hydrogens is 390 g/mol. The first-order chi connectivity index (χ1) is 11.6. The van der Waals surface area contributed by atoms with E-state index < -0.39 is 0 Å². The SMILES string of the molecule is CC[C@@H](NCc1nc2cc(Cl)ccc2c(=O)[nH]1)c1ccc(Br)cc1. The normalized spacial score (nSPS) is 12.5. The van der Waals surface area contributed by atoms with Crippen molar-refractivity contribution in [3.63, 3.8) is 0 Å². The second kappa shape index (κ2) is 7.47. The van der Waals surface area contributed by atoms with Gasteiger partial charge in [0.25, 0.3) is 5.56 Å². The summed E-state index contributed by atoms with van der Waals surface area (Å²) in [5, 5.41) is 4.56. The third kappa shape index (κ3) is 3.86. The first-order valence-corrected chi connectivity index (χ1v) is 8.91. The number of halogens is 2. The quantitative estimate of drug-likeness (QED) is 0.652. The Labute approximate surface area is 153 Å². The minimum atomic E-state index is -0.148. The molecule has 0 amide bonds. The Morgan fingerprint density at radius 3 is 2.71 bits per heavy atom. The Morgan fingerprint density at radius 2 is 2.00 bits per heavy atom. The maximum atomic E-state index is 12.2. The van der Waals surface area contributed by atoms with E-state index in [-0.39, 0.29) is 11.6 Å². The van der Waals surface area contributed by atoms with E-state index in [1.165, 1.54) is 5.56 Å². The summed E-state index contributed by atoms with van der Waals surface area (Å²) < 4.78 is 1.05. The molecule has 2 N–H and O–H groups in total. The highest BCUT2D eigenvalue weighted by molar-refractivity contribution is 9.10. The lowest BCUT2D eigenvalue weighted by atomic mass is 10.0. The molecule has 1 aromatic heterocycles. The van der Waals surface area contributed by atoms with Crippen molar-refractivity contribution in [1.29, 1.82) is 0 Å². The maximum absolute atomic E-state index is 12.2. The van der Waals surface area contributed by atoms with Crippen molar-refractivity contribution in [1.82, 2.24) is 15.3 Å². The number of rotatable bonds is 5. The number of nitrogens with zero attached hydrogens (tertiary/aromatic N) is 1. The van der Waals surface area contributed by atoms with Gasteiger partial charge in [0.15, 0.2) is 0 Å². The Morgan fingerprint density at radius 1 is 1.25 bits per heavy atom. The van der Waals surface area contributed by atoms with Crippen LogP contribution in [-0.4, -0.2) is 9.97 Å². The average molecular weight is 407 g/mol. The predicted octanol–water partition coefficient (Wildman–Crippen LogP) is 4.58. The Balaban J connectivity index is 1.81. The number of H-pyrrole nitrogens is 1. The molecule has 4 nitrogen and oxygen atoms in total. The van der Waals surface area contributed by atoms with Crippen LogP contribution in [0.3, 0.4) is 0 Å². The van der Waals surface area contributed by atoms with E-state index in [0.29, 0.717) is 28.3 Å². The van der Waals surface area contributed by atoms with E-state index in [1.54, 1.807) is 18.2 Å². The summed E-state index contributed by atoms with van der Waals surface area (Å²) in [6.07, 6.45) is 0.936. The summed E-state index contributed by atoms with van der Waals surface area (Å²) in [7, 11) is 0. The van der Waals surface area contributed by atoms with Crippen molar-refractivity contribution in [2.24, 2.45) is 0 Å². The van der Waals surface area contributed by atoms with Crippen molar-refractivity contribution in [2.45, 2.75) is 25.9 Å². The van der Waals surface area contributed by atoms with Crippen LogP contribution in [0.4, 0.5) is 0 Å². The second-order valence-electron chi connectivity index (χ2n) is 5.57. The van der Waals surface area contributed by atoms with Gasteiger partial charge in [-0.2, -0.15) is 0 Å². The van der Waals surface area contributed by atoms with Crippen molar-refractivity contribution in [2.75, 3.05) is 0 Å². The summed E-state index contributed by atoms with van der Waals surface area (Å²) in [4.78, 5) is 19.5. The molecule has 0 unspecified atom stereocenters. The van der Waals surface area contributed by atoms with Gasteiger partial charge < -0.3 is 10.3 Å². The fourth-order valence-electron chi connectivity index (χ4n) is 2.66. The fourth-order valence-corrected chi connectivity index (χ4v) is 3.09. The molecule has 0 saturated heterocycles. The van der Waals surface area contributed by atoms with Crippen LogP contribution in [-0.2, 0) is 6.54 Å². The van der Waals surface area contributed by atoms with E-state index in [2.05, 4.69) is 50.3 Å². The van der Waals surface area contributed by atoms with Crippen molar-refractivity contribution < 1.29 is 0 Å². The number of aromatic amines is 1. The number of aromatic nitrogens is 2. The number of nitrogens with one attached hydrogen (secondary N) is 2. The summed E-state index contributed by atoms with van der Waals surface area (Å²) in [6, 6.07) is 13.5. The number of hydrogen-bond donors (Lipinski definition) is 2. The minimum absolute atomic E-state index is 0.148. The highest BCUT2D eigenvalue weighted by atomic mass is 79.9. The van der Waals surface area contributed by atoms with Crippen LogP contribution in [0.25, 0.3) is 10.9 Å². The number of benzene rings is 2. The van der Waals surface area contributed by atoms with Gasteiger partial charge in [0, 0.05) is 15.5 Å². The molecule has 3 aromatic rings. The van der Waals surface area contributed by atoms with Crippen LogP contribution in [0.1, 0.15) is 30.8 Å². The molecule has 0 saturated carbocycles. The zero-order chi connectivity index (χ0) is 17.1. The summed E-state index contributed by atoms with van der Waals surface area (Å²) in [5.74, 6) is 0.602. The molecule has 0 bridgehead atoms. The zero-order valence-corrected chi connectivity index (χ0v) is 15.5. The van der Waals surface area contributed by atoms with E-state index in [9.17, 15) is 4.79 Å². The Kier molecular flexibility index (Phi) is 5.33. The first kappa shape index (κ1) is 17.1. The minimum Gasteiger partial charge on any atom is -0.309 e. The van der Waals surface area contributed by atoms with Crippen molar-refractivity contribution >= 4 is 38.4 Å². The largest absolute Gasteiger partial charge is 0.309 e. The zero-order valence-electron chi connectivity index (χ0n) is 13.1. The van der Waals surface area contributed by atoms with Crippen molar-refractivity contribution in [3.8, 4) is 0 Å². The van der Waals surface area contributed by atoms with Crippen LogP contribution in [0, 0.1) is 0 Å². The molecule has 2 aromatic carbocycles. The predicted molar refractivity (Wildman–Crippen MR) is 101 cm³/mol. The maximum Gasteiger partial charge on any atom is 0.258 e. The number of fused-ring (bicyclic) bond motifs is 1. The monoisotopic (exact) mass is 405 g/mol. The number of hydrogen-bond acceptors (Lipinski definition) is 3. The second-order valence-corrected chi connectivity index (χ2v) is 6.92. The Hall–Kier alpha value is -1.69. The lowest BCUT2D eigenvalue weighted by Gasteiger charge is -2.17. The van der Waals surface area contributed by atoms with Gasteiger partial charge in [-0.25, -0.2) is 4.98 Å². The van der Waals surface area contributed by atoms with Crippen LogP contribution in [0.15, 0.2) is 51.7 Å². The molecule has 0 radical (unpaired) electrons. The van der Waals surface area contributed by atoms with Crippen LogP contribution in [0.5, 0.6) is 0 Å². The summed E-state index contributed by atoms with van der Waals surface area (Å²) in [6.45, 7) is 2.60. The van der Waals surface area contributed by atoms with E-state index in [0.717, 1.165) is 10.9 Å². The molecule has 24 heavy (non-hydrogen) atoms. The van der Waals surface area contributed by atoms with Gasteiger partial charge in [-0.15, -0.1) is 0 Å². The molecule has 3 rings (SSSR count). The van der Waals surface area contributed by atoms with E-state index in [1.807, 2.05) is 12.1 Å². The standard InChI is InChI=1S/C18H17BrClN3O/c1-2-15(11-3-5-12(19)6-4-11)21-10-17-22-16-9-13(20)7-8-14(16)18(24)23-17/h3-9,15,21H,2,10H2,1H3,(H,22,23,24)/t15-/m1/s1. The molecular formula is C18H17BrClN3O. The molecule has 0 spiro atoms. The molecule has 0 fully saturated rings. The molecule has 1 atom stereocenters. The Bertz CT molecular complexity index is 908. The van der Waals surface area contributed by atoms with Gasteiger partial charge in [-0.05, 0) is 42.3 Å². The van der Waals surface area contributed by atoms with Crippen molar-refractivity contribution in [3.05, 3.63) is 73.7 Å². The highest BCUT2D eigenvalue weighted by Crippen LogP contribution is 2.20. The molecule has 124 valence electrons. The lowest BCUT2D eigenvalue weighted by molar-refractivity contribution is 0.508. The highest BCUT2D eigenvalue weighted by Gasteiger charge is 2.10. The third-order valence-corrected chi connectivity index (χ3v) is 4.68. The summed E-state index contributed by atoms with van der Waals surface area (Å²) in [5.41, 5.74) is 1.66.